The molecule has 1 amide bonds. The summed E-state index contributed by atoms with van der Waals surface area (Å²) in [7, 11) is 1.50. The molecule has 0 radical (unpaired) electrons. The Morgan fingerprint density at radius 2 is 2.24 bits per heavy atom. The molecule has 1 rings (SSSR count). The lowest BCUT2D eigenvalue weighted by Gasteiger charge is -2.16. The number of likely N-dealkylation sites (N-methyl/N-ethyl adjacent to an activating group) is 1. The highest BCUT2D eigenvalue weighted by Crippen LogP contribution is 2.12. The molecule has 0 unspecified atom stereocenters. The van der Waals surface area contributed by atoms with Crippen LogP contribution in [0.1, 0.15) is 5.76 Å². The fourth-order valence-electron chi connectivity index (χ4n) is 1.17. The van der Waals surface area contributed by atoms with Gasteiger partial charge in [-0.25, -0.2) is 0 Å². The zero-order valence-electron chi connectivity index (χ0n) is 9.25. The third kappa shape index (κ3) is 5.39. The van der Waals surface area contributed by atoms with Crippen molar-refractivity contribution in [2.75, 3.05) is 20.1 Å². The van der Waals surface area contributed by atoms with Crippen LogP contribution in [-0.2, 0) is 11.3 Å². The van der Waals surface area contributed by atoms with Gasteiger partial charge in [-0.1, -0.05) is 0 Å². The van der Waals surface area contributed by atoms with Crippen molar-refractivity contribution in [1.82, 2.24) is 10.2 Å². The van der Waals surface area contributed by atoms with E-state index in [1.54, 1.807) is 12.1 Å². The number of nitrogens with zero attached hydrogens (tertiary/aromatic N) is 1. The zero-order chi connectivity index (χ0) is 12.9. The molecule has 1 aromatic rings. The Bertz CT molecular complexity index is 349. The molecule has 1 aromatic heterocycles. The zero-order valence-corrected chi connectivity index (χ0v) is 9.25. The fourth-order valence-corrected chi connectivity index (χ4v) is 1.17. The van der Waals surface area contributed by atoms with E-state index >= 15 is 0 Å². The first-order chi connectivity index (χ1) is 7.88. The van der Waals surface area contributed by atoms with Crippen LogP contribution in [0, 0.1) is 0 Å². The minimum absolute atomic E-state index is 0.236. The molecule has 1 heterocycles. The Morgan fingerprint density at radius 1 is 1.53 bits per heavy atom. The summed E-state index contributed by atoms with van der Waals surface area (Å²) in [5.41, 5.74) is 0. The second-order valence-corrected chi connectivity index (χ2v) is 3.55. The highest BCUT2D eigenvalue weighted by Gasteiger charge is 2.26. The molecular weight excluding hydrogens is 237 g/mol. The summed E-state index contributed by atoms with van der Waals surface area (Å²) in [6, 6.07) is 3.36. The Hall–Kier alpha value is -1.50. The normalized spacial score (nSPS) is 11.5. The van der Waals surface area contributed by atoms with Crippen molar-refractivity contribution in [3.05, 3.63) is 24.2 Å². The largest absolute Gasteiger partial charge is 0.467 e. The molecular formula is C10H13F3N2O2. The van der Waals surface area contributed by atoms with Gasteiger partial charge in [0.05, 0.1) is 25.9 Å². The summed E-state index contributed by atoms with van der Waals surface area (Å²) in [5.74, 6) is 0.155. The number of carbonyl (C=O) groups excluding carboxylic acids is 1. The summed E-state index contributed by atoms with van der Waals surface area (Å²) in [4.78, 5) is 12.7. The van der Waals surface area contributed by atoms with Crippen LogP contribution < -0.4 is 5.32 Å². The quantitative estimate of drug-likeness (QED) is 0.859. The van der Waals surface area contributed by atoms with Gasteiger partial charge < -0.3 is 14.6 Å². The van der Waals surface area contributed by atoms with Crippen LogP contribution in [0.2, 0.25) is 0 Å². The molecule has 0 bridgehead atoms. The van der Waals surface area contributed by atoms with E-state index in [2.05, 4.69) is 0 Å². The molecule has 1 N–H and O–H groups in total. The average Bonchev–Trinajstić information content (AvgIpc) is 2.68. The second kappa shape index (κ2) is 5.72. The van der Waals surface area contributed by atoms with E-state index in [-0.39, 0.29) is 13.1 Å². The number of carbonyl (C=O) groups is 1. The molecule has 17 heavy (non-hydrogen) atoms. The number of alkyl halides is 3. The van der Waals surface area contributed by atoms with E-state index < -0.39 is 18.6 Å². The Morgan fingerprint density at radius 3 is 2.76 bits per heavy atom. The van der Waals surface area contributed by atoms with Crippen LogP contribution in [0.5, 0.6) is 0 Å². The summed E-state index contributed by atoms with van der Waals surface area (Å²) < 4.78 is 40.4. The van der Waals surface area contributed by atoms with Crippen LogP contribution in [0.15, 0.2) is 22.8 Å². The van der Waals surface area contributed by atoms with Crippen molar-refractivity contribution < 1.29 is 22.4 Å². The van der Waals surface area contributed by atoms with Gasteiger partial charge in [-0.05, 0) is 12.1 Å². The first-order valence-corrected chi connectivity index (χ1v) is 4.92. The molecule has 0 aliphatic heterocycles. The molecule has 4 nitrogen and oxygen atoms in total. The maximum Gasteiger partial charge on any atom is 0.401 e. The van der Waals surface area contributed by atoms with Gasteiger partial charge in [-0.15, -0.1) is 0 Å². The van der Waals surface area contributed by atoms with Crippen LogP contribution in [-0.4, -0.2) is 37.1 Å². The molecule has 0 aliphatic rings. The molecule has 7 heteroatoms. The highest BCUT2D eigenvalue weighted by molar-refractivity contribution is 5.77. The van der Waals surface area contributed by atoms with Gasteiger partial charge in [0, 0.05) is 7.05 Å². The van der Waals surface area contributed by atoms with Gasteiger partial charge in [0.15, 0.2) is 0 Å². The monoisotopic (exact) mass is 250 g/mol. The van der Waals surface area contributed by atoms with E-state index in [1.807, 2.05) is 5.32 Å². The predicted octanol–water partition coefficient (Wildman–Crippen LogP) is 1.39. The number of rotatable bonds is 5. The van der Waals surface area contributed by atoms with E-state index in [9.17, 15) is 18.0 Å². The van der Waals surface area contributed by atoms with Crippen molar-refractivity contribution in [3.8, 4) is 0 Å². The van der Waals surface area contributed by atoms with Crippen LogP contribution in [0.25, 0.3) is 0 Å². The Labute approximate surface area is 96.4 Å². The van der Waals surface area contributed by atoms with Crippen molar-refractivity contribution >= 4 is 5.91 Å². The molecule has 0 fully saturated rings. The van der Waals surface area contributed by atoms with Gasteiger partial charge in [0.25, 0.3) is 0 Å². The lowest BCUT2D eigenvalue weighted by molar-refractivity contribution is -0.133. The van der Waals surface area contributed by atoms with Crippen LogP contribution >= 0.6 is 0 Å². The molecule has 0 aromatic carbocycles. The highest BCUT2D eigenvalue weighted by atomic mass is 19.4. The SMILES string of the molecule is CN(Cc1ccco1)C(=O)CNCC(F)(F)F. The smallest absolute Gasteiger partial charge is 0.401 e. The van der Waals surface area contributed by atoms with Gasteiger partial charge in [-0.2, -0.15) is 13.2 Å². The van der Waals surface area contributed by atoms with Gasteiger partial charge >= 0.3 is 6.18 Å². The molecule has 0 atom stereocenters. The number of amides is 1. The maximum absolute atomic E-state index is 11.8. The van der Waals surface area contributed by atoms with Crippen molar-refractivity contribution in [2.45, 2.75) is 12.7 Å². The number of furan rings is 1. The third-order valence-electron chi connectivity index (χ3n) is 2.00. The van der Waals surface area contributed by atoms with Crippen LogP contribution in [0.3, 0.4) is 0 Å². The second-order valence-electron chi connectivity index (χ2n) is 3.55. The average molecular weight is 250 g/mol. The first kappa shape index (κ1) is 13.6. The summed E-state index contributed by atoms with van der Waals surface area (Å²) in [6.45, 7) is -1.29. The van der Waals surface area contributed by atoms with Crippen LogP contribution in [0.4, 0.5) is 13.2 Å². The molecule has 0 saturated heterocycles. The number of hydrogen-bond acceptors (Lipinski definition) is 3. The Balaban J connectivity index is 2.28. The van der Waals surface area contributed by atoms with Gasteiger partial charge in [0.1, 0.15) is 5.76 Å². The van der Waals surface area contributed by atoms with E-state index in [0.29, 0.717) is 5.76 Å². The summed E-state index contributed by atoms with van der Waals surface area (Å²) in [6.07, 6.45) is -2.84. The summed E-state index contributed by atoms with van der Waals surface area (Å²) in [5, 5.41) is 2.04. The molecule has 0 spiro atoms. The van der Waals surface area contributed by atoms with Crippen molar-refractivity contribution in [3.63, 3.8) is 0 Å². The molecule has 96 valence electrons. The van der Waals surface area contributed by atoms with Crippen molar-refractivity contribution in [2.24, 2.45) is 0 Å². The van der Waals surface area contributed by atoms with E-state index in [4.69, 9.17) is 4.42 Å². The number of nitrogens with one attached hydrogen (secondary N) is 1. The topological polar surface area (TPSA) is 45.5 Å². The minimum atomic E-state index is -4.31. The molecule has 0 saturated carbocycles. The standard InChI is InChI=1S/C10H13F3N2O2/c1-15(6-8-3-2-4-17-8)9(16)5-14-7-10(11,12)13/h2-4,14H,5-7H2,1H3. The first-order valence-electron chi connectivity index (χ1n) is 4.92. The number of halogens is 3. The third-order valence-corrected chi connectivity index (χ3v) is 2.00. The Kier molecular flexibility index (Phi) is 4.56. The van der Waals surface area contributed by atoms with Crippen molar-refractivity contribution in [1.29, 1.82) is 0 Å². The maximum atomic E-state index is 11.8. The summed E-state index contributed by atoms with van der Waals surface area (Å²) >= 11 is 0. The predicted molar refractivity (Wildman–Crippen MR) is 54.1 cm³/mol. The minimum Gasteiger partial charge on any atom is -0.467 e. The van der Waals surface area contributed by atoms with Gasteiger partial charge in [-0.3, -0.25) is 4.79 Å². The lowest BCUT2D eigenvalue weighted by Crippen LogP contribution is -2.38. The lowest BCUT2D eigenvalue weighted by atomic mass is 10.4. The number of hydrogen-bond donors (Lipinski definition) is 1. The fraction of sp³-hybridized carbons (Fsp3) is 0.500. The van der Waals surface area contributed by atoms with E-state index in [1.165, 1.54) is 18.2 Å². The van der Waals surface area contributed by atoms with Gasteiger partial charge in [0.2, 0.25) is 5.91 Å². The van der Waals surface area contributed by atoms with E-state index in [0.717, 1.165) is 0 Å². The molecule has 0 aliphatic carbocycles.